The van der Waals surface area contributed by atoms with Gasteiger partial charge in [-0.05, 0) is 22.9 Å². The van der Waals surface area contributed by atoms with Crippen molar-refractivity contribution in [3.8, 4) is 0 Å². The lowest BCUT2D eigenvalue weighted by atomic mass is 10.1. The monoisotopic (exact) mass is 276 g/mol. The van der Waals surface area contributed by atoms with Crippen LogP contribution >= 0.6 is 0 Å². The van der Waals surface area contributed by atoms with Crippen LogP contribution < -0.4 is 10.6 Å². The molecule has 0 radical (unpaired) electrons. The van der Waals surface area contributed by atoms with Crippen LogP contribution in [0.2, 0.25) is 0 Å². The van der Waals surface area contributed by atoms with E-state index in [0.29, 0.717) is 11.6 Å². The van der Waals surface area contributed by atoms with Gasteiger partial charge in [-0.2, -0.15) is 4.52 Å². The highest BCUT2D eigenvalue weighted by Crippen LogP contribution is 2.15. The number of fused-ring (bicyclic) bond motifs is 1. The number of tetrazole rings is 1. The highest BCUT2D eigenvalue weighted by molar-refractivity contribution is 5.46. The highest BCUT2D eigenvalue weighted by Gasteiger charge is 2.20. The van der Waals surface area contributed by atoms with Crippen LogP contribution in [0.1, 0.15) is 6.92 Å². The maximum absolute atomic E-state index is 5.69. The summed E-state index contributed by atoms with van der Waals surface area (Å²) in [5, 5.41) is 11.6. The molecule has 1 atom stereocenters. The smallest absolute Gasteiger partial charge is 0.199 e. The van der Waals surface area contributed by atoms with Gasteiger partial charge in [0.2, 0.25) is 0 Å². The van der Waals surface area contributed by atoms with E-state index < -0.39 is 0 Å². The van der Waals surface area contributed by atoms with E-state index in [1.165, 1.54) is 0 Å². The fourth-order valence-corrected chi connectivity index (χ4v) is 2.55. The second-order valence-corrected chi connectivity index (χ2v) is 5.34. The summed E-state index contributed by atoms with van der Waals surface area (Å²) >= 11 is 0. The summed E-state index contributed by atoms with van der Waals surface area (Å²) in [5.41, 5.74) is 6.37. The summed E-state index contributed by atoms with van der Waals surface area (Å²) in [7, 11) is 0. The van der Waals surface area contributed by atoms with Gasteiger partial charge in [-0.15, -0.1) is 5.10 Å². The van der Waals surface area contributed by atoms with Gasteiger partial charge >= 0.3 is 0 Å². The number of aromatic nitrogens is 5. The summed E-state index contributed by atoms with van der Waals surface area (Å²) < 4.78 is 1.74. The summed E-state index contributed by atoms with van der Waals surface area (Å²) in [6.45, 7) is 7.98. The lowest BCUT2D eigenvalue weighted by molar-refractivity contribution is 0.226. The van der Waals surface area contributed by atoms with Crippen LogP contribution in [0, 0.1) is 5.92 Å². The van der Waals surface area contributed by atoms with Gasteiger partial charge in [-0.3, -0.25) is 9.88 Å². The first-order valence-electron chi connectivity index (χ1n) is 6.97. The fraction of sp³-hybridized carbons (Fsp3) is 0.667. The molecule has 0 spiro atoms. The molecular formula is C12H20N8. The maximum Gasteiger partial charge on any atom is 0.199 e. The van der Waals surface area contributed by atoms with Gasteiger partial charge < -0.3 is 10.6 Å². The molecule has 8 nitrogen and oxygen atoms in total. The number of hydrogen-bond acceptors (Lipinski definition) is 7. The summed E-state index contributed by atoms with van der Waals surface area (Å²) in [5.74, 6) is 1.50. The minimum atomic E-state index is 0.547. The van der Waals surface area contributed by atoms with Gasteiger partial charge in [0.15, 0.2) is 11.5 Å². The van der Waals surface area contributed by atoms with E-state index in [-0.39, 0.29) is 0 Å². The summed E-state index contributed by atoms with van der Waals surface area (Å²) in [6.07, 6.45) is 3.49. The molecule has 3 rings (SSSR count). The van der Waals surface area contributed by atoms with Crippen LogP contribution in [0.5, 0.6) is 0 Å². The number of hydrogen-bond donors (Lipinski definition) is 1. The largest absolute Gasteiger partial charge is 0.353 e. The SMILES string of the molecule is CC(CN)CN1CCN(c2cncc3nnnn23)CC1. The molecule has 2 aromatic heterocycles. The molecule has 1 aliphatic heterocycles. The Morgan fingerprint density at radius 2 is 2.05 bits per heavy atom. The minimum absolute atomic E-state index is 0.547. The third-order valence-corrected chi connectivity index (χ3v) is 3.76. The van der Waals surface area contributed by atoms with E-state index >= 15 is 0 Å². The lowest BCUT2D eigenvalue weighted by Crippen LogP contribution is -2.48. The topological polar surface area (TPSA) is 88.5 Å². The molecule has 3 heterocycles. The van der Waals surface area contributed by atoms with E-state index in [9.17, 15) is 0 Å². The predicted molar refractivity (Wildman–Crippen MR) is 75.4 cm³/mol. The standard InChI is InChI=1S/C12H20N8/c1-10(6-13)9-18-2-4-19(5-3-18)12-8-14-7-11-15-16-17-20(11)12/h7-8,10H,2-6,9,13H2,1H3. The number of rotatable bonds is 4. The van der Waals surface area contributed by atoms with Crippen molar-refractivity contribution in [1.29, 1.82) is 0 Å². The average molecular weight is 276 g/mol. The van der Waals surface area contributed by atoms with Crippen molar-refractivity contribution in [2.75, 3.05) is 44.2 Å². The number of piperazine rings is 1. The zero-order chi connectivity index (χ0) is 13.9. The van der Waals surface area contributed by atoms with Crippen molar-refractivity contribution >= 4 is 11.5 Å². The first kappa shape index (κ1) is 13.2. The molecule has 0 bridgehead atoms. The van der Waals surface area contributed by atoms with Crippen molar-refractivity contribution < 1.29 is 0 Å². The molecule has 20 heavy (non-hydrogen) atoms. The molecule has 8 heteroatoms. The van der Waals surface area contributed by atoms with Crippen molar-refractivity contribution in [3.63, 3.8) is 0 Å². The van der Waals surface area contributed by atoms with Crippen molar-refractivity contribution in [2.45, 2.75) is 6.92 Å². The Hall–Kier alpha value is -1.80. The zero-order valence-corrected chi connectivity index (χ0v) is 11.7. The Kier molecular flexibility index (Phi) is 3.75. The normalized spacial score (nSPS) is 18.6. The molecule has 1 aliphatic rings. The Balaban J connectivity index is 1.67. The van der Waals surface area contributed by atoms with Gasteiger partial charge in [0.25, 0.3) is 0 Å². The van der Waals surface area contributed by atoms with E-state index in [1.54, 1.807) is 10.7 Å². The van der Waals surface area contributed by atoms with E-state index in [0.717, 1.165) is 45.1 Å². The number of anilines is 1. The molecule has 0 saturated carbocycles. The van der Waals surface area contributed by atoms with Gasteiger partial charge in [0.05, 0.1) is 12.4 Å². The van der Waals surface area contributed by atoms with Crippen LogP contribution in [-0.4, -0.2) is 69.2 Å². The zero-order valence-electron chi connectivity index (χ0n) is 11.7. The average Bonchev–Trinajstić information content (AvgIpc) is 2.96. The van der Waals surface area contributed by atoms with Crippen LogP contribution in [0.3, 0.4) is 0 Å². The summed E-state index contributed by atoms with van der Waals surface area (Å²) in [4.78, 5) is 8.94. The minimum Gasteiger partial charge on any atom is -0.353 e. The Bertz CT molecular complexity index is 559. The second-order valence-electron chi connectivity index (χ2n) is 5.34. The van der Waals surface area contributed by atoms with Crippen LogP contribution in [0.25, 0.3) is 5.65 Å². The first-order valence-corrected chi connectivity index (χ1v) is 6.97. The Morgan fingerprint density at radius 1 is 1.25 bits per heavy atom. The maximum atomic E-state index is 5.69. The first-order chi connectivity index (χ1) is 9.78. The summed E-state index contributed by atoms with van der Waals surface area (Å²) in [6, 6.07) is 0. The Labute approximate surface area is 117 Å². The molecule has 0 aromatic carbocycles. The second kappa shape index (κ2) is 5.68. The highest BCUT2D eigenvalue weighted by atomic mass is 15.5. The molecule has 0 amide bonds. The van der Waals surface area contributed by atoms with E-state index in [2.05, 4.69) is 37.2 Å². The molecule has 108 valence electrons. The van der Waals surface area contributed by atoms with Crippen LogP contribution in [0.4, 0.5) is 5.82 Å². The van der Waals surface area contributed by atoms with Crippen molar-refractivity contribution in [1.82, 2.24) is 29.9 Å². The third-order valence-electron chi connectivity index (χ3n) is 3.76. The van der Waals surface area contributed by atoms with Crippen molar-refractivity contribution in [3.05, 3.63) is 12.4 Å². The van der Waals surface area contributed by atoms with Gasteiger partial charge in [0, 0.05) is 32.7 Å². The quantitative estimate of drug-likeness (QED) is 0.785. The predicted octanol–water partition coefficient (Wildman–Crippen LogP) is -0.764. The molecule has 2 N–H and O–H groups in total. The van der Waals surface area contributed by atoms with Crippen LogP contribution in [-0.2, 0) is 0 Å². The van der Waals surface area contributed by atoms with Gasteiger partial charge in [0.1, 0.15) is 0 Å². The van der Waals surface area contributed by atoms with Gasteiger partial charge in [-0.1, -0.05) is 6.92 Å². The molecule has 1 saturated heterocycles. The third kappa shape index (κ3) is 2.56. The van der Waals surface area contributed by atoms with Gasteiger partial charge in [-0.25, -0.2) is 0 Å². The molecule has 1 unspecified atom stereocenters. The number of nitrogens with two attached hydrogens (primary N) is 1. The molecule has 2 aromatic rings. The fourth-order valence-electron chi connectivity index (χ4n) is 2.55. The Morgan fingerprint density at radius 3 is 2.80 bits per heavy atom. The van der Waals surface area contributed by atoms with Crippen LogP contribution in [0.15, 0.2) is 12.4 Å². The molecule has 0 aliphatic carbocycles. The van der Waals surface area contributed by atoms with Crippen molar-refractivity contribution in [2.24, 2.45) is 11.7 Å². The number of nitrogens with zero attached hydrogens (tertiary/aromatic N) is 7. The lowest BCUT2D eigenvalue weighted by Gasteiger charge is -2.36. The molecular weight excluding hydrogens is 256 g/mol. The van der Waals surface area contributed by atoms with E-state index in [1.807, 2.05) is 6.20 Å². The molecule has 1 fully saturated rings. The van der Waals surface area contributed by atoms with E-state index in [4.69, 9.17) is 5.73 Å².